The third-order valence-corrected chi connectivity index (χ3v) is 5.73. The number of hydrogen-bond acceptors (Lipinski definition) is 9. The van der Waals surface area contributed by atoms with Crippen molar-refractivity contribution in [3.63, 3.8) is 0 Å². The van der Waals surface area contributed by atoms with E-state index in [9.17, 15) is 18.0 Å². The highest BCUT2D eigenvalue weighted by atomic mass is 19.4. The molecule has 40 heavy (non-hydrogen) atoms. The first kappa shape index (κ1) is 30.0. The van der Waals surface area contributed by atoms with E-state index in [0.717, 1.165) is 24.4 Å². The third-order valence-electron chi connectivity index (χ3n) is 5.73. The Hall–Kier alpha value is -4.52. The van der Waals surface area contributed by atoms with Gasteiger partial charge in [0.05, 0.1) is 36.8 Å². The minimum Gasteiger partial charge on any atom is -0.497 e. The van der Waals surface area contributed by atoms with Crippen molar-refractivity contribution in [1.82, 2.24) is 14.9 Å². The number of methoxy groups -OCH3 is 2. The molecule has 13 heteroatoms. The van der Waals surface area contributed by atoms with Crippen LogP contribution in [0, 0.1) is 0 Å². The molecule has 1 aromatic heterocycles. The van der Waals surface area contributed by atoms with Gasteiger partial charge in [0.1, 0.15) is 29.5 Å². The summed E-state index contributed by atoms with van der Waals surface area (Å²) in [7, 11) is 8.64. The van der Waals surface area contributed by atoms with Gasteiger partial charge < -0.3 is 35.2 Å². The van der Waals surface area contributed by atoms with Gasteiger partial charge in [-0.15, -0.1) is 0 Å². The van der Waals surface area contributed by atoms with E-state index in [1.54, 1.807) is 12.1 Å². The molecule has 0 radical (unpaired) electrons. The lowest BCUT2D eigenvalue weighted by Gasteiger charge is -2.26. The molecule has 0 saturated carbocycles. The van der Waals surface area contributed by atoms with Crippen molar-refractivity contribution in [3.8, 4) is 11.5 Å². The van der Waals surface area contributed by atoms with Gasteiger partial charge in [0.15, 0.2) is 0 Å². The molecule has 214 valence electrons. The number of carbonyl (C=O) groups is 1. The fourth-order valence-corrected chi connectivity index (χ4v) is 3.64. The number of carbonyl (C=O) groups excluding carboxylic acids is 1. The lowest BCUT2D eigenvalue weighted by molar-refractivity contribution is -0.137. The maximum atomic E-state index is 13.3. The number of alkyl halides is 3. The van der Waals surface area contributed by atoms with Gasteiger partial charge in [0.25, 0.3) is 0 Å². The summed E-state index contributed by atoms with van der Waals surface area (Å²) in [5.74, 6) is 0.684. The number of amides is 1. The highest BCUT2D eigenvalue weighted by Crippen LogP contribution is 2.39. The molecule has 0 aliphatic heterocycles. The van der Waals surface area contributed by atoms with Crippen LogP contribution in [0.2, 0.25) is 0 Å². The number of hydrogen-bond donors (Lipinski definition) is 3. The van der Waals surface area contributed by atoms with Crippen molar-refractivity contribution in [1.29, 1.82) is 0 Å². The molecule has 3 rings (SSSR count). The Morgan fingerprint density at radius 3 is 2.25 bits per heavy atom. The Bertz CT molecular complexity index is 1350. The Kier molecular flexibility index (Phi) is 9.78. The first-order valence-electron chi connectivity index (χ1n) is 12.1. The number of ether oxygens (including phenoxy) is 2. The van der Waals surface area contributed by atoms with Crippen LogP contribution in [0.4, 0.5) is 47.6 Å². The number of likely N-dealkylation sites (N-methyl/N-ethyl adjacent to an activating group) is 2. The van der Waals surface area contributed by atoms with Crippen LogP contribution in [-0.2, 0) is 11.0 Å². The monoisotopic (exact) mass is 559 g/mol. The smallest absolute Gasteiger partial charge is 0.416 e. The molecule has 0 unspecified atom stereocenters. The van der Waals surface area contributed by atoms with Gasteiger partial charge in [-0.2, -0.15) is 13.2 Å². The van der Waals surface area contributed by atoms with E-state index in [-0.39, 0.29) is 23.2 Å². The molecule has 0 aliphatic carbocycles. The van der Waals surface area contributed by atoms with Gasteiger partial charge in [-0.05, 0) is 38.4 Å². The topological polar surface area (TPSA) is 104 Å². The fourth-order valence-electron chi connectivity index (χ4n) is 3.64. The summed E-state index contributed by atoms with van der Waals surface area (Å²) < 4.78 is 50.6. The lowest BCUT2D eigenvalue weighted by Crippen LogP contribution is -2.29. The highest BCUT2D eigenvalue weighted by Gasteiger charge is 2.31. The largest absolute Gasteiger partial charge is 0.497 e. The summed E-state index contributed by atoms with van der Waals surface area (Å²) in [5, 5.41) is 8.81. The molecule has 0 atom stereocenters. The zero-order chi connectivity index (χ0) is 29.4. The van der Waals surface area contributed by atoms with Crippen LogP contribution in [0.15, 0.2) is 55.4 Å². The SMILES string of the molecule is C=CC(=O)Nc1cc(Nc2cc(Nc3cc(OC)cc(C(F)(F)F)c3)ncn2)c(OC)cc1N(C)CCN(C)C. The zero-order valence-corrected chi connectivity index (χ0v) is 22.9. The van der Waals surface area contributed by atoms with Crippen LogP contribution in [0.3, 0.4) is 0 Å². The average Bonchev–Trinajstić information content (AvgIpc) is 2.91. The molecular formula is C27H32F3N7O3. The van der Waals surface area contributed by atoms with Gasteiger partial charge in [0, 0.05) is 44.0 Å². The predicted octanol–water partition coefficient (Wildman–Crippen LogP) is 5.12. The number of anilines is 6. The van der Waals surface area contributed by atoms with Crippen molar-refractivity contribution in [2.75, 3.05) is 69.3 Å². The van der Waals surface area contributed by atoms with Crippen molar-refractivity contribution >= 4 is 40.3 Å². The summed E-state index contributed by atoms with van der Waals surface area (Å²) in [4.78, 5) is 24.5. The van der Waals surface area contributed by atoms with E-state index in [1.807, 2.05) is 30.9 Å². The normalized spacial score (nSPS) is 11.1. The predicted molar refractivity (Wildman–Crippen MR) is 150 cm³/mol. The Morgan fingerprint density at radius 2 is 1.65 bits per heavy atom. The lowest BCUT2D eigenvalue weighted by atomic mass is 10.1. The quantitative estimate of drug-likeness (QED) is 0.261. The molecule has 2 aromatic carbocycles. The minimum atomic E-state index is -4.55. The zero-order valence-electron chi connectivity index (χ0n) is 22.9. The average molecular weight is 560 g/mol. The Balaban J connectivity index is 1.93. The van der Waals surface area contributed by atoms with E-state index >= 15 is 0 Å². The van der Waals surface area contributed by atoms with Gasteiger partial charge in [-0.25, -0.2) is 9.97 Å². The summed E-state index contributed by atoms with van der Waals surface area (Å²) in [6, 6.07) is 8.30. The van der Waals surface area contributed by atoms with Crippen LogP contribution in [0.5, 0.6) is 11.5 Å². The maximum absolute atomic E-state index is 13.3. The molecule has 0 bridgehead atoms. The first-order chi connectivity index (χ1) is 18.9. The number of benzene rings is 2. The number of nitrogens with zero attached hydrogens (tertiary/aromatic N) is 4. The van der Waals surface area contributed by atoms with Crippen molar-refractivity contribution in [2.24, 2.45) is 0 Å². The molecular weight excluding hydrogens is 527 g/mol. The van der Waals surface area contributed by atoms with Crippen molar-refractivity contribution in [2.45, 2.75) is 6.18 Å². The maximum Gasteiger partial charge on any atom is 0.416 e. The number of aromatic nitrogens is 2. The molecule has 10 nitrogen and oxygen atoms in total. The number of rotatable bonds is 12. The molecule has 1 amide bonds. The summed E-state index contributed by atoms with van der Waals surface area (Å²) in [5.41, 5.74) is 0.989. The first-order valence-corrected chi connectivity index (χ1v) is 12.1. The van der Waals surface area contributed by atoms with Crippen LogP contribution in [0.1, 0.15) is 5.56 Å². The molecule has 0 saturated heterocycles. The van der Waals surface area contributed by atoms with E-state index in [0.29, 0.717) is 29.5 Å². The fraction of sp³-hybridized carbons (Fsp3) is 0.296. The molecule has 3 N–H and O–H groups in total. The van der Waals surface area contributed by atoms with Crippen LogP contribution < -0.4 is 30.3 Å². The van der Waals surface area contributed by atoms with Crippen LogP contribution in [0.25, 0.3) is 0 Å². The van der Waals surface area contributed by atoms with Crippen LogP contribution in [-0.4, -0.2) is 69.2 Å². The second kappa shape index (κ2) is 13.0. The number of halogens is 3. The van der Waals surface area contributed by atoms with Crippen molar-refractivity contribution < 1.29 is 27.4 Å². The number of nitrogens with one attached hydrogen (secondary N) is 3. The summed E-state index contributed by atoms with van der Waals surface area (Å²) in [6.45, 7) is 4.98. The summed E-state index contributed by atoms with van der Waals surface area (Å²) >= 11 is 0. The molecule has 0 aliphatic rings. The molecule has 1 heterocycles. The van der Waals surface area contributed by atoms with Gasteiger partial charge in [-0.1, -0.05) is 6.58 Å². The second-order valence-corrected chi connectivity index (χ2v) is 8.97. The standard InChI is InChI=1S/C27H32F3N7O3/c1-7-26(38)35-20-13-21(23(40-6)14-22(20)37(4)9-8-36(2)3)34-25-15-24(31-16-32-25)33-18-10-17(27(28,29)30)11-19(12-18)39-5/h7,10-16H,1,8-9H2,2-6H3,(H,35,38)(H2,31,32,33,34). The second-order valence-electron chi connectivity index (χ2n) is 8.97. The Labute approximate surface area is 230 Å². The van der Waals surface area contributed by atoms with Gasteiger partial charge >= 0.3 is 6.18 Å². The van der Waals surface area contributed by atoms with E-state index in [1.165, 1.54) is 38.8 Å². The van der Waals surface area contributed by atoms with Gasteiger partial charge in [0.2, 0.25) is 5.91 Å². The molecule has 0 spiro atoms. The molecule has 3 aromatic rings. The third kappa shape index (κ3) is 7.99. The van der Waals surface area contributed by atoms with Gasteiger partial charge in [-0.3, -0.25) is 4.79 Å². The van der Waals surface area contributed by atoms with E-state index in [2.05, 4.69) is 32.5 Å². The summed E-state index contributed by atoms with van der Waals surface area (Å²) in [6.07, 6.45) is -2.12. The van der Waals surface area contributed by atoms with Crippen LogP contribution >= 0.6 is 0 Å². The van der Waals surface area contributed by atoms with Crippen molar-refractivity contribution in [3.05, 3.63) is 60.9 Å². The Morgan fingerprint density at radius 1 is 0.950 bits per heavy atom. The van der Waals surface area contributed by atoms with E-state index < -0.39 is 11.7 Å². The minimum absolute atomic E-state index is 0.0409. The van der Waals surface area contributed by atoms with E-state index in [4.69, 9.17) is 9.47 Å². The molecule has 0 fully saturated rings. The highest BCUT2D eigenvalue weighted by molar-refractivity contribution is 6.02.